The largest absolute Gasteiger partial charge is 0.481 e. The number of carbonyl (C=O) groups excluding carboxylic acids is 2. The molecule has 30 heavy (non-hydrogen) atoms. The number of methoxy groups -OCH3 is 1. The summed E-state index contributed by atoms with van der Waals surface area (Å²) in [6, 6.07) is 0. The fourth-order valence-electron chi connectivity index (χ4n) is 3.79. The van der Waals surface area contributed by atoms with Gasteiger partial charge in [0.1, 0.15) is 0 Å². The number of rotatable bonds is 16. The molecule has 0 aromatic rings. The highest BCUT2D eigenvalue weighted by atomic mass is 16.5. The molecule has 2 N–H and O–H groups in total. The molecule has 1 aliphatic rings. The van der Waals surface area contributed by atoms with Crippen LogP contribution in [0.4, 0.5) is 0 Å². The maximum Gasteiger partial charge on any atom is 0.308 e. The van der Waals surface area contributed by atoms with Crippen molar-refractivity contribution >= 4 is 17.8 Å². The van der Waals surface area contributed by atoms with Crippen molar-refractivity contribution in [3.63, 3.8) is 0 Å². The van der Waals surface area contributed by atoms with Crippen LogP contribution in [0.5, 0.6) is 0 Å². The quantitative estimate of drug-likeness (QED) is 0.366. The van der Waals surface area contributed by atoms with Gasteiger partial charge in [0.15, 0.2) is 0 Å². The zero-order valence-electron chi connectivity index (χ0n) is 18.9. The molecule has 0 spiro atoms. The number of unbranched alkanes of at least 4 members (excludes halogenated alkanes) is 1. The molecule has 1 rings (SSSR count). The summed E-state index contributed by atoms with van der Waals surface area (Å²) in [6.07, 6.45) is 5.95. The lowest BCUT2D eigenvalue weighted by Crippen LogP contribution is -2.43. The molecule has 0 aromatic carbocycles. The van der Waals surface area contributed by atoms with E-state index in [9.17, 15) is 19.5 Å². The Morgan fingerprint density at radius 2 is 2.03 bits per heavy atom. The van der Waals surface area contributed by atoms with E-state index in [0.717, 1.165) is 32.2 Å². The van der Waals surface area contributed by atoms with E-state index in [0.29, 0.717) is 45.6 Å². The van der Waals surface area contributed by atoms with Crippen LogP contribution in [0.1, 0.15) is 65.2 Å². The third-order valence-electron chi connectivity index (χ3n) is 5.74. The van der Waals surface area contributed by atoms with Crippen LogP contribution in [0.2, 0.25) is 0 Å². The van der Waals surface area contributed by atoms with Crippen molar-refractivity contribution in [3.8, 4) is 0 Å². The minimum atomic E-state index is -0.952. The van der Waals surface area contributed by atoms with Crippen LogP contribution in [-0.4, -0.2) is 74.4 Å². The van der Waals surface area contributed by atoms with Crippen molar-refractivity contribution < 1.29 is 29.0 Å². The van der Waals surface area contributed by atoms with E-state index in [4.69, 9.17) is 9.47 Å². The zero-order chi connectivity index (χ0) is 22.4. The Hall–Kier alpha value is -1.67. The molecule has 2 amide bonds. The van der Waals surface area contributed by atoms with Crippen LogP contribution >= 0.6 is 0 Å². The number of aliphatic carboxylic acids is 1. The SMILES string of the molecule is CCCCC(C)(CC(COCCOC)C(=O)O)C(=O)NCCCN1CCCCC1=O. The first-order chi connectivity index (χ1) is 14.3. The Morgan fingerprint density at radius 3 is 2.67 bits per heavy atom. The molecule has 0 aromatic heterocycles. The zero-order valence-corrected chi connectivity index (χ0v) is 18.9. The molecule has 1 aliphatic heterocycles. The van der Waals surface area contributed by atoms with Crippen LogP contribution in [0, 0.1) is 11.3 Å². The molecule has 0 saturated carbocycles. The summed E-state index contributed by atoms with van der Waals surface area (Å²) >= 11 is 0. The van der Waals surface area contributed by atoms with Crippen LogP contribution in [-0.2, 0) is 23.9 Å². The van der Waals surface area contributed by atoms with Gasteiger partial charge in [0.2, 0.25) is 11.8 Å². The van der Waals surface area contributed by atoms with Gasteiger partial charge in [-0.05, 0) is 32.1 Å². The number of ether oxygens (including phenoxy) is 2. The van der Waals surface area contributed by atoms with Gasteiger partial charge < -0.3 is 24.8 Å². The van der Waals surface area contributed by atoms with Crippen molar-refractivity contribution in [2.45, 2.75) is 65.2 Å². The smallest absolute Gasteiger partial charge is 0.308 e. The van der Waals surface area contributed by atoms with Gasteiger partial charge >= 0.3 is 5.97 Å². The van der Waals surface area contributed by atoms with E-state index in [1.54, 1.807) is 7.11 Å². The third kappa shape index (κ3) is 9.43. The maximum absolute atomic E-state index is 13.0. The van der Waals surface area contributed by atoms with Gasteiger partial charge in [0, 0.05) is 38.6 Å². The molecule has 1 saturated heterocycles. The van der Waals surface area contributed by atoms with Gasteiger partial charge in [-0.2, -0.15) is 0 Å². The average molecular weight is 429 g/mol. The number of carboxylic acid groups (broad SMARTS) is 1. The lowest BCUT2D eigenvalue weighted by molar-refractivity contribution is -0.147. The fraction of sp³-hybridized carbons (Fsp3) is 0.864. The second-order valence-corrected chi connectivity index (χ2v) is 8.42. The molecular weight excluding hydrogens is 388 g/mol. The van der Waals surface area contributed by atoms with Crippen LogP contribution in [0.25, 0.3) is 0 Å². The van der Waals surface area contributed by atoms with Crippen molar-refractivity contribution in [2.75, 3.05) is 46.6 Å². The van der Waals surface area contributed by atoms with Gasteiger partial charge in [-0.1, -0.05) is 26.7 Å². The van der Waals surface area contributed by atoms with Gasteiger partial charge in [-0.25, -0.2) is 0 Å². The number of likely N-dealkylation sites (tertiary alicyclic amines) is 1. The molecule has 8 nitrogen and oxygen atoms in total. The second-order valence-electron chi connectivity index (χ2n) is 8.42. The predicted molar refractivity (Wildman–Crippen MR) is 114 cm³/mol. The summed E-state index contributed by atoms with van der Waals surface area (Å²) in [6.45, 7) is 6.61. The predicted octanol–water partition coefficient (Wildman–Crippen LogP) is 2.46. The number of amides is 2. The normalized spacial score (nSPS) is 17.4. The summed E-state index contributed by atoms with van der Waals surface area (Å²) in [5, 5.41) is 12.6. The highest BCUT2D eigenvalue weighted by molar-refractivity contribution is 5.83. The summed E-state index contributed by atoms with van der Waals surface area (Å²) < 4.78 is 10.3. The minimum Gasteiger partial charge on any atom is -0.481 e. The Kier molecular flexibility index (Phi) is 12.6. The minimum absolute atomic E-state index is 0.0603. The monoisotopic (exact) mass is 428 g/mol. The first-order valence-electron chi connectivity index (χ1n) is 11.2. The Labute approximate surface area is 180 Å². The lowest BCUT2D eigenvalue weighted by atomic mass is 9.76. The van der Waals surface area contributed by atoms with Crippen molar-refractivity contribution in [1.82, 2.24) is 10.2 Å². The fourth-order valence-corrected chi connectivity index (χ4v) is 3.79. The first-order valence-corrected chi connectivity index (χ1v) is 11.2. The van der Waals surface area contributed by atoms with Gasteiger partial charge in [-0.15, -0.1) is 0 Å². The number of carboxylic acids is 1. The summed E-state index contributed by atoms with van der Waals surface area (Å²) in [5.41, 5.74) is -0.773. The topological polar surface area (TPSA) is 105 Å². The summed E-state index contributed by atoms with van der Waals surface area (Å²) in [4.78, 5) is 38.4. The molecule has 0 bridgehead atoms. The molecular formula is C22H40N2O6. The molecule has 0 aliphatic carbocycles. The number of piperidine rings is 1. The Bertz CT molecular complexity index is 542. The van der Waals surface area contributed by atoms with Crippen molar-refractivity contribution in [3.05, 3.63) is 0 Å². The van der Waals surface area contributed by atoms with E-state index in [1.165, 1.54) is 0 Å². The Morgan fingerprint density at radius 1 is 1.27 bits per heavy atom. The molecule has 0 radical (unpaired) electrons. The molecule has 2 unspecified atom stereocenters. The highest BCUT2D eigenvalue weighted by Crippen LogP contribution is 2.33. The van der Waals surface area contributed by atoms with E-state index >= 15 is 0 Å². The number of carbonyl (C=O) groups is 3. The van der Waals surface area contributed by atoms with E-state index in [2.05, 4.69) is 12.2 Å². The second kappa shape index (κ2) is 14.4. The van der Waals surface area contributed by atoms with E-state index in [-0.39, 0.29) is 24.8 Å². The van der Waals surface area contributed by atoms with Gasteiger partial charge in [0.05, 0.1) is 25.7 Å². The molecule has 8 heteroatoms. The number of nitrogens with one attached hydrogen (secondary N) is 1. The summed E-state index contributed by atoms with van der Waals surface area (Å²) in [7, 11) is 1.56. The van der Waals surface area contributed by atoms with Crippen molar-refractivity contribution in [1.29, 1.82) is 0 Å². The molecule has 2 atom stereocenters. The van der Waals surface area contributed by atoms with Crippen LogP contribution < -0.4 is 5.32 Å². The van der Waals surface area contributed by atoms with Gasteiger partial charge in [0.25, 0.3) is 0 Å². The summed E-state index contributed by atoms with van der Waals surface area (Å²) in [5.74, 6) is -1.63. The van der Waals surface area contributed by atoms with Gasteiger partial charge in [-0.3, -0.25) is 14.4 Å². The van der Waals surface area contributed by atoms with E-state index in [1.807, 2.05) is 11.8 Å². The first kappa shape index (κ1) is 26.4. The van der Waals surface area contributed by atoms with Crippen molar-refractivity contribution in [2.24, 2.45) is 11.3 Å². The molecule has 1 fully saturated rings. The molecule has 1 heterocycles. The number of nitrogens with zero attached hydrogens (tertiary/aromatic N) is 1. The number of hydrogen-bond acceptors (Lipinski definition) is 5. The third-order valence-corrected chi connectivity index (χ3v) is 5.74. The average Bonchev–Trinajstić information content (AvgIpc) is 2.72. The van der Waals surface area contributed by atoms with Crippen LogP contribution in [0.3, 0.4) is 0 Å². The standard InChI is InChI=1S/C22H40N2O6/c1-4-5-10-22(2,16-18(20(26)27)17-30-15-14-29-3)21(28)23-11-8-13-24-12-7-6-9-19(24)25/h18H,4-17H2,1-3H3,(H,23,28)(H,26,27). The molecule has 174 valence electrons. The lowest BCUT2D eigenvalue weighted by Gasteiger charge is -2.31. The number of hydrogen-bond donors (Lipinski definition) is 2. The highest BCUT2D eigenvalue weighted by Gasteiger charge is 2.37. The van der Waals surface area contributed by atoms with Crippen LogP contribution in [0.15, 0.2) is 0 Å². The Balaban J connectivity index is 2.58. The maximum atomic E-state index is 13.0. The van der Waals surface area contributed by atoms with E-state index < -0.39 is 17.3 Å².